The fraction of sp³-hybridized carbons (Fsp3) is 0.133. The second-order valence-electron chi connectivity index (χ2n) is 4.40. The number of nitrogens with zero attached hydrogens (tertiary/aromatic N) is 1. The number of pyridine rings is 1. The highest BCUT2D eigenvalue weighted by molar-refractivity contribution is 9.10. The van der Waals surface area contributed by atoms with Crippen molar-refractivity contribution in [2.75, 3.05) is 0 Å². The highest BCUT2D eigenvalue weighted by Crippen LogP contribution is 2.17. The molecule has 5 nitrogen and oxygen atoms in total. The van der Waals surface area contributed by atoms with E-state index in [4.69, 9.17) is 0 Å². The number of nitrogens with one attached hydrogen (secondary N) is 1. The van der Waals surface area contributed by atoms with Crippen LogP contribution < -0.4 is 5.32 Å². The molecule has 0 fully saturated rings. The average Bonchev–Trinajstić information content (AvgIpc) is 2.49. The molecule has 2 N–H and O–H groups in total. The van der Waals surface area contributed by atoms with E-state index in [0.29, 0.717) is 5.56 Å². The van der Waals surface area contributed by atoms with Gasteiger partial charge in [0.05, 0.1) is 0 Å². The SMILES string of the molecule is O=C(NC(Cc1ccccc1Br)C(=O)O)c1ccncc1. The number of hydrogen-bond acceptors (Lipinski definition) is 3. The van der Waals surface area contributed by atoms with Crippen LogP contribution in [0.2, 0.25) is 0 Å². The predicted octanol–water partition coefficient (Wildman–Crippen LogP) is 2.27. The highest BCUT2D eigenvalue weighted by atomic mass is 79.9. The predicted molar refractivity (Wildman–Crippen MR) is 81.0 cm³/mol. The topological polar surface area (TPSA) is 79.3 Å². The summed E-state index contributed by atoms with van der Waals surface area (Å²) in [5, 5.41) is 11.8. The Morgan fingerprint density at radius 2 is 1.86 bits per heavy atom. The minimum atomic E-state index is -1.08. The van der Waals surface area contributed by atoms with Gasteiger partial charge in [-0.2, -0.15) is 0 Å². The number of aliphatic carboxylic acids is 1. The molecule has 0 saturated heterocycles. The minimum Gasteiger partial charge on any atom is -0.480 e. The van der Waals surface area contributed by atoms with Crippen LogP contribution in [0, 0.1) is 0 Å². The van der Waals surface area contributed by atoms with Gasteiger partial charge in [-0.15, -0.1) is 0 Å². The number of rotatable bonds is 5. The van der Waals surface area contributed by atoms with Gasteiger partial charge in [0.2, 0.25) is 0 Å². The Labute approximate surface area is 130 Å². The summed E-state index contributed by atoms with van der Waals surface area (Å²) in [6.07, 6.45) is 3.17. The van der Waals surface area contributed by atoms with Crippen LogP contribution in [0.1, 0.15) is 15.9 Å². The van der Waals surface area contributed by atoms with Crippen molar-refractivity contribution >= 4 is 27.8 Å². The van der Waals surface area contributed by atoms with Gasteiger partial charge in [0, 0.05) is 28.9 Å². The second kappa shape index (κ2) is 6.99. The summed E-state index contributed by atoms with van der Waals surface area (Å²) in [5.74, 6) is -1.51. The Kier molecular flexibility index (Phi) is 5.05. The van der Waals surface area contributed by atoms with Crippen LogP contribution in [0.25, 0.3) is 0 Å². The molecule has 0 aliphatic heterocycles. The van der Waals surface area contributed by atoms with E-state index >= 15 is 0 Å². The van der Waals surface area contributed by atoms with Crippen molar-refractivity contribution in [3.63, 3.8) is 0 Å². The quantitative estimate of drug-likeness (QED) is 0.868. The van der Waals surface area contributed by atoms with Gasteiger partial charge in [0.1, 0.15) is 6.04 Å². The van der Waals surface area contributed by atoms with Crippen LogP contribution in [0.15, 0.2) is 53.3 Å². The fourth-order valence-corrected chi connectivity index (χ4v) is 2.28. The zero-order valence-corrected chi connectivity index (χ0v) is 12.6. The van der Waals surface area contributed by atoms with Crippen LogP contribution in [0.4, 0.5) is 0 Å². The number of carbonyl (C=O) groups is 2. The molecule has 21 heavy (non-hydrogen) atoms. The van der Waals surface area contributed by atoms with Crippen molar-refractivity contribution in [1.82, 2.24) is 10.3 Å². The lowest BCUT2D eigenvalue weighted by molar-refractivity contribution is -0.139. The third-order valence-electron chi connectivity index (χ3n) is 2.93. The normalized spacial score (nSPS) is 11.7. The molecular weight excluding hydrogens is 336 g/mol. The first-order chi connectivity index (χ1) is 10.1. The van der Waals surface area contributed by atoms with E-state index in [-0.39, 0.29) is 6.42 Å². The van der Waals surface area contributed by atoms with Crippen LogP contribution in [0.5, 0.6) is 0 Å². The Morgan fingerprint density at radius 3 is 2.48 bits per heavy atom. The van der Waals surface area contributed by atoms with Gasteiger partial charge in [-0.1, -0.05) is 34.1 Å². The fourth-order valence-electron chi connectivity index (χ4n) is 1.83. The molecule has 1 amide bonds. The maximum atomic E-state index is 12.0. The van der Waals surface area contributed by atoms with E-state index in [0.717, 1.165) is 10.0 Å². The lowest BCUT2D eigenvalue weighted by atomic mass is 10.1. The molecule has 1 unspecified atom stereocenters. The van der Waals surface area contributed by atoms with Crippen molar-refractivity contribution in [2.45, 2.75) is 12.5 Å². The molecule has 0 radical (unpaired) electrons. The molecule has 1 atom stereocenters. The standard InChI is InChI=1S/C15H13BrN2O3/c16-12-4-2-1-3-11(12)9-13(15(20)21)18-14(19)10-5-7-17-8-6-10/h1-8,13H,9H2,(H,18,19)(H,20,21). The van der Waals surface area contributed by atoms with Crippen molar-refractivity contribution in [3.05, 3.63) is 64.4 Å². The number of halogens is 1. The summed E-state index contributed by atoms with van der Waals surface area (Å²) >= 11 is 3.37. The van der Waals surface area contributed by atoms with E-state index in [1.165, 1.54) is 24.5 Å². The van der Waals surface area contributed by atoms with Crippen molar-refractivity contribution in [1.29, 1.82) is 0 Å². The number of carboxylic acids is 1. The molecule has 0 saturated carbocycles. The third kappa shape index (κ3) is 4.13. The zero-order valence-electron chi connectivity index (χ0n) is 11.0. The van der Waals surface area contributed by atoms with Crippen molar-refractivity contribution < 1.29 is 14.7 Å². The average molecular weight is 349 g/mol. The molecule has 0 aliphatic rings. The summed E-state index contributed by atoms with van der Waals surface area (Å²) in [6, 6.07) is 9.39. The molecule has 6 heteroatoms. The lowest BCUT2D eigenvalue weighted by Gasteiger charge is -2.15. The molecular formula is C15H13BrN2O3. The highest BCUT2D eigenvalue weighted by Gasteiger charge is 2.21. The van der Waals surface area contributed by atoms with Gasteiger partial charge in [0.25, 0.3) is 5.91 Å². The number of carbonyl (C=O) groups excluding carboxylic acids is 1. The van der Waals surface area contributed by atoms with Crippen LogP contribution in [-0.4, -0.2) is 28.0 Å². The number of hydrogen-bond donors (Lipinski definition) is 2. The van der Waals surface area contributed by atoms with Gasteiger partial charge in [0.15, 0.2) is 0 Å². The summed E-state index contributed by atoms with van der Waals surface area (Å²) in [6.45, 7) is 0. The van der Waals surface area contributed by atoms with E-state index in [1.54, 1.807) is 0 Å². The Morgan fingerprint density at radius 1 is 1.19 bits per heavy atom. The van der Waals surface area contributed by atoms with E-state index < -0.39 is 17.9 Å². The van der Waals surface area contributed by atoms with Gasteiger partial charge < -0.3 is 10.4 Å². The largest absolute Gasteiger partial charge is 0.480 e. The lowest BCUT2D eigenvalue weighted by Crippen LogP contribution is -2.42. The molecule has 1 aromatic heterocycles. The monoisotopic (exact) mass is 348 g/mol. The van der Waals surface area contributed by atoms with Crippen LogP contribution in [-0.2, 0) is 11.2 Å². The van der Waals surface area contributed by atoms with Gasteiger partial charge in [-0.3, -0.25) is 9.78 Å². The first kappa shape index (κ1) is 15.2. The summed E-state index contributed by atoms with van der Waals surface area (Å²) in [4.78, 5) is 27.2. The van der Waals surface area contributed by atoms with Gasteiger partial charge in [-0.25, -0.2) is 4.79 Å². The smallest absolute Gasteiger partial charge is 0.326 e. The third-order valence-corrected chi connectivity index (χ3v) is 3.70. The number of carboxylic acid groups (broad SMARTS) is 1. The van der Waals surface area contributed by atoms with Crippen molar-refractivity contribution in [2.24, 2.45) is 0 Å². The summed E-state index contributed by atoms with van der Waals surface area (Å²) in [5.41, 5.74) is 1.20. The summed E-state index contributed by atoms with van der Waals surface area (Å²) in [7, 11) is 0. The number of benzene rings is 1. The molecule has 108 valence electrons. The minimum absolute atomic E-state index is 0.202. The molecule has 2 rings (SSSR count). The Balaban J connectivity index is 2.12. The molecule has 0 aliphatic carbocycles. The van der Waals surface area contributed by atoms with E-state index in [9.17, 15) is 14.7 Å². The number of amides is 1. The van der Waals surface area contributed by atoms with Crippen molar-refractivity contribution in [3.8, 4) is 0 Å². The van der Waals surface area contributed by atoms with Gasteiger partial charge in [-0.05, 0) is 23.8 Å². The molecule has 1 heterocycles. The summed E-state index contributed by atoms with van der Waals surface area (Å²) < 4.78 is 0.814. The Hall–Kier alpha value is -2.21. The zero-order chi connectivity index (χ0) is 15.2. The first-order valence-corrected chi connectivity index (χ1v) is 7.04. The molecule has 0 spiro atoms. The van der Waals surface area contributed by atoms with E-state index in [2.05, 4.69) is 26.2 Å². The number of aromatic nitrogens is 1. The maximum absolute atomic E-state index is 12.0. The first-order valence-electron chi connectivity index (χ1n) is 6.25. The maximum Gasteiger partial charge on any atom is 0.326 e. The molecule has 2 aromatic rings. The van der Waals surface area contributed by atoms with Crippen LogP contribution >= 0.6 is 15.9 Å². The second-order valence-corrected chi connectivity index (χ2v) is 5.25. The van der Waals surface area contributed by atoms with Crippen LogP contribution in [0.3, 0.4) is 0 Å². The Bertz CT molecular complexity index is 646. The molecule has 1 aromatic carbocycles. The van der Waals surface area contributed by atoms with E-state index in [1.807, 2.05) is 24.3 Å². The van der Waals surface area contributed by atoms with Gasteiger partial charge >= 0.3 is 5.97 Å². The molecule has 0 bridgehead atoms.